The van der Waals surface area contributed by atoms with Crippen LogP contribution in [0.1, 0.15) is 34.8 Å². The van der Waals surface area contributed by atoms with E-state index in [1.54, 1.807) is 24.3 Å². The van der Waals surface area contributed by atoms with Crippen LogP contribution in [0.25, 0.3) is 0 Å². The van der Waals surface area contributed by atoms with Crippen molar-refractivity contribution in [2.45, 2.75) is 31.6 Å². The average molecular weight is 361 g/mol. The lowest BCUT2D eigenvalue weighted by Crippen LogP contribution is -2.33. The van der Waals surface area contributed by atoms with Gasteiger partial charge in [0, 0.05) is 6.04 Å². The number of hydrogen-bond acceptors (Lipinski definition) is 4. The van der Waals surface area contributed by atoms with Gasteiger partial charge in [-0.25, -0.2) is 17.9 Å². The molecule has 0 radical (unpaired) electrons. The maximum absolute atomic E-state index is 12.3. The first-order chi connectivity index (χ1) is 11.9. The van der Waals surface area contributed by atoms with Crippen molar-refractivity contribution in [3.8, 4) is 0 Å². The highest BCUT2D eigenvalue weighted by molar-refractivity contribution is 7.88. The Labute approximate surface area is 149 Å². The number of ether oxygens (including phenoxy) is 1. The number of carbonyl (C=O) groups is 1. The fourth-order valence-electron chi connectivity index (χ4n) is 2.51. The van der Waals surface area contributed by atoms with Gasteiger partial charge in [0.2, 0.25) is 10.0 Å². The summed E-state index contributed by atoms with van der Waals surface area (Å²) in [5.41, 5.74) is 2.20. The molecule has 0 saturated heterocycles. The van der Waals surface area contributed by atoms with Crippen LogP contribution >= 0.6 is 0 Å². The van der Waals surface area contributed by atoms with Crippen molar-refractivity contribution in [2.75, 3.05) is 7.11 Å². The van der Waals surface area contributed by atoms with Crippen LogP contribution in [0, 0.1) is 0 Å². The van der Waals surface area contributed by atoms with Gasteiger partial charge >= 0.3 is 5.97 Å². The summed E-state index contributed by atoms with van der Waals surface area (Å²) in [5.74, 6) is -0.563. The Balaban J connectivity index is 1.89. The Morgan fingerprint density at radius 1 is 1.04 bits per heavy atom. The van der Waals surface area contributed by atoms with Crippen LogP contribution in [0.2, 0.25) is 0 Å². The Morgan fingerprint density at radius 3 is 2.28 bits per heavy atom. The summed E-state index contributed by atoms with van der Waals surface area (Å²) in [6.07, 6.45) is 1.54. The van der Waals surface area contributed by atoms with Gasteiger partial charge in [0.05, 0.1) is 18.4 Å². The normalized spacial score (nSPS) is 12.6. The van der Waals surface area contributed by atoms with Crippen molar-refractivity contribution >= 4 is 16.0 Å². The fraction of sp³-hybridized carbons (Fsp3) is 0.316. The topological polar surface area (TPSA) is 72.5 Å². The standard InChI is InChI=1S/C19H23NO4S/c1-15(8-9-16-6-4-3-5-7-16)20-25(22,23)14-17-10-12-18(13-11-17)19(21)24-2/h3-7,10-13,15,20H,8-9,14H2,1-2H3. The van der Waals surface area contributed by atoms with E-state index in [1.165, 1.54) is 12.7 Å². The molecule has 0 heterocycles. The van der Waals surface area contributed by atoms with E-state index in [1.807, 2.05) is 37.3 Å². The molecule has 0 fully saturated rings. The third kappa shape index (κ3) is 6.32. The second-order valence-electron chi connectivity index (χ2n) is 5.99. The molecular formula is C19H23NO4S. The van der Waals surface area contributed by atoms with E-state index in [9.17, 15) is 13.2 Å². The van der Waals surface area contributed by atoms with Crippen LogP contribution in [-0.4, -0.2) is 27.5 Å². The highest BCUT2D eigenvalue weighted by atomic mass is 32.2. The predicted octanol–water partition coefficient (Wildman–Crippen LogP) is 2.91. The highest BCUT2D eigenvalue weighted by Crippen LogP contribution is 2.11. The minimum Gasteiger partial charge on any atom is -0.465 e. The van der Waals surface area contributed by atoms with E-state index in [4.69, 9.17) is 0 Å². The van der Waals surface area contributed by atoms with Crippen LogP contribution in [0.15, 0.2) is 54.6 Å². The highest BCUT2D eigenvalue weighted by Gasteiger charge is 2.16. The molecule has 134 valence electrons. The molecule has 1 unspecified atom stereocenters. The van der Waals surface area contributed by atoms with Gasteiger partial charge in [-0.1, -0.05) is 42.5 Å². The smallest absolute Gasteiger partial charge is 0.337 e. The first-order valence-corrected chi connectivity index (χ1v) is 9.76. The molecule has 0 aromatic heterocycles. The number of benzene rings is 2. The molecule has 0 aliphatic carbocycles. The van der Waals surface area contributed by atoms with Gasteiger partial charge in [0.25, 0.3) is 0 Å². The molecule has 0 aliphatic rings. The van der Waals surface area contributed by atoms with Gasteiger partial charge in [-0.05, 0) is 43.0 Å². The summed E-state index contributed by atoms with van der Waals surface area (Å²) in [7, 11) is -2.14. The van der Waals surface area contributed by atoms with Gasteiger partial charge in [-0.2, -0.15) is 0 Å². The summed E-state index contributed by atoms with van der Waals surface area (Å²) >= 11 is 0. The molecule has 2 rings (SSSR count). The van der Waals surface area contributed by atoms with Crippen LogP contribution in [-0.2, 0) is 26.9 Å². The Hall–Kier alpha value is -2.18. The van der Waals surface area contributed by atoms with E-state index in [0.717, 1.165) is 12.8 Å². The van der Waals surface area contributed by atoms with Gasteiger partial charge in [-0.15, -0.1) is 0 Å². The van der Waals surface area contributed by atoms with Crippen molar-refractivity contribution < 1.29 is 17.9 Å². The van der Waals surface area contributed by atoms with Gasteiger partial charge in [-0.3, -0.25) is 0 Å². The quantitative estimate of drug-likeness (QED) is 0.734. The first kappa shape index (κ1) is 19.1. The van der Waals surface area contributed by atoms with Gasteiger partial charge in [0.1, 0.15) is 0 Å². The van der Waals surface area contributed by atoms with Crippen LogP contribution < -0.4 is 4.72 Å². The lowest BCUT2D eigenvalue weighted by molar-refractivity contribution is 0.0600. The van der Waals surface area contributed by atoms with Gasteiger partial charge in [0.15, 0.2) is 0 Å². The van der Waals surface area contributed by atoms with Crippen LogP contribution in [0.5, 0.6) is 0 Å². The molecule has 0 bridgehead atoms. The van der Waals surface area contributed by atoms with Crippen molar-refractivity contribution in [3.05, 3.63) is 71.3 Å². The maximum Gasteiger partial charge on any atom is 0.337 e. The number of hydrogen-bond donors (Lipinski definition) is 1. The first-order valence-electron chi connectivity index (χ1n) is 8.11. The summed E-state index contributed by atoms with van der Waals surface area (Å²) in [4.78, 5) is 11.4. The molecule has 25 heavy (non-hydrogen) atoms. The van der Waals surface area contributed by atoms with Crippen molar-refractivity contribution in [3.63, 3.8) is 0 Å². The van der Waals surface area contributed by atoms with Crippen molar-refractivity contribution in [1.82, 2.24) is 4.72 Å². The summed E-state index contributed by atoms with van der Waals surface area (Å²) in [6, 6.07) is 16.2. The Morgan fingerprint density at radius 2 is 1.68 bits per heavy atom. The predicted molar refractivity (Wildman–Crippen MR) is 97.8 cm³/mol. The molecule has 1 atom stereocenters. The molecule has 0 saturated carbocycles. The molecule has 5 nitrogen and oxygen atoms in total. The number of nitrogens with one attached hydrogen (secondary N) is 1. The van der Waals surface area contributed by atoms with E-state index in [0.29, 0.717) is 11.1 Å². The minimum absolute atomic E-state index is 0.121. The molecule has 6 heteroatoms. The van der Waals surface area contributed by atoms with Gasteiger partial charge < -0.3 is 4.74 Å². The monoisotopic (exact) mass is 361 g/mol. The molecule has 0 spiro atoms. The number of esters is 1. The van der Waals surface area contributed by atoms with E-state index < -0.39 is 16.0 Å². The zero-order chi connectivity index (χ0) is 18.3. The summed E-state index contributed by atoms with van der Waals surface area (Å²) in [6.45, 7) is 1.86. The number of carbonyl (C=O) groups excluding carboxylic acids is 1. The number of methoxy groups -OCH3 is 1. The zero-order valence-electron chi connectivity index (χ0n) is 14.4. The molecule has 1 N–H and O–H groups in total. The van der Waals surface area contributed by atoms with Crippen molar-refractivity contribution in [1.29, 1.82) is 0 Å². The average Bonchev–Trinajstić information content (AvgIpc) is 2.60. The Kier molecular flexibility index (Phi) is 6.73. The number of aryl methyl sites for hydroxylation is 1. The maximum atomic E-state index is 12.3. The number of sulfonamides is 1. The minimum atomic E-state index is -3.44. The zero-order valence-corrected chi connectivity index (χ0v) is 15.3. The van der Waals surface area contributed by atoms with E-state index in [-0.39, 0.29) is 11.8 Å². The third-order valence-corrected chi connectivity index (χ3v) is 5.30. The molecular weight excluding hydrogens is 338 g/mol. The van der Waals surface area contributed by atoms with Crippen LogP contribution in [0.4, 0.5) is 0 Å². The lowest BCUT2D eigenvalue weighted by atomic mass is 10.1. The SMILES string of the molecule is COC(=O)c1ccc(CS(=O)(=O)NC(C)CCc2ccccc2)cc1. The molecule has 2 aromatic rings. The van der Waals surface area contributed by atoms with Crippen LogP contribution in [0.3, 0.4) is 0 Å². The Bertz CT molecular complexity index is 786. The third-order valence-electron chi connectivity index (χ3n) is 3.82. The van der Waals surface area contributed by atoms with E-state index in [2.05, 4.69) is 9.46 Å². The second-order valence-corrected chi connectivity index (χ2v) is 7.74. The fourth-order valence-corrected chi connectivity index (χ4v) is 3.95. The molecule has 2 aromatic carbocycles. The second kappa shape index (κ2) is 8.78. The molecule has 0 aliphatic heterocycles. The largest absolute Gasteiger partial charge is 0.465 e. The summed E-state index contributed by atoms with van der Waals surface area (Å²) in [5, 5.41) is 0. The van der Waals surface area contributed by atoms with Crippen molar-refractivity contribution in [2.24, 2.45) is 0 Å². The molecule has 0 amide bonds. The lowest BCUT2D eigenvalue weighted by Gasteiger charge is -2.14. The number of rotatable bonds is 8. The summed E-state index contributed by atoms with van der Waals surface area (Å²) < 4.78 is 31.9. The van der Waals surface area contributed by atoms with E-state index >= 15 is 0 Å².